The van der Waals surface area contributed by atoms with Gasteiger partial charge in [0.05, 0.1) is 10.5 Å². The lowest BCUT2D eigenvalue weighted by molar-refractivity contribution is -0.163. The molecule has 3 rings (SSSR count). The molecule has 30 heavy (non-hydrogen) atoms. The molecule has 1 heterocycles. The van der Waals surface area contributed by atoms with Crippen LogP contribution in [0.25, 0.3) is 10.9 Å². The number of esters is 1. The van der Waals surface area contributed by atoms with Crippen molar-refractivity contribution >= 4 is 51.8 Å². The molecule has 6 nitrogen and oxygen atoms in total. The second kappa shape index (κ2) is 8.50. The summed E-state index contributed by atoms with van der Waals surface area (Å²) in [5.74, 6) is -2.77. The minimum absolute atomic E-state index is 0.0137. The standard InChI is InChI=1S/C22H19Cl2NO5/c1-3-22(4-2,20(27)28)21(29)30-19-14-10-9-12(23)11-16(14)25-17(19)18(26)13-7-5-6-8-15(13)24/h5-11,25H,3-4H2,1-2H3,(H,27,28). The van der Waals surface area contributed by atoms with Gasteiger partial charge in [0.2, 0.25) is 5.78 Å². The van der Waals surface area contributed by atoms with E-state index in [1.807, 2.05) is 0 Å². The summed E-state index contributed by atoms with van der Waals surface area (Å²) in [6.07, 6.45) is 0.0826. The number of fused-ring (bicyclic) bond motifs is 1. The molecular formula is C22H19Cl2NO5. The van der Waals surface area contributed by atoms with Gasteiger partial charge >= 0.3 is 11.9 Å². The number of hydrogen-bond acceptors (Lipinski definition) is 4. The van der Waals surface area contributed by atoms with Gasteiger partial charge in [-0.25, -0.2) is 0 Å². The Morgan fingerprint density at radius 2 is 1.73 bits per heavy atom. The van der Waals surface area contributed by atoms with E-state index in [2.05, 4.69) is 4.98 Å². The van der Waals surface area contributed by atoms with E-state index in [1.165, 1.54) is 0 Å². The first-order valence-electron chi connectivity index (χ1n) is 9.31. The number of halogens is 2. The highest BCUT2D eigenvalue weighted by atomic mass is 35.5. The Morgan fingerprint density at radius 3 is 2.33 bits per heavy atom. The normalized spacial score (nSPS) is 11.5. The topological polar surface area (TPSA) is 96.5 Å². The molecule has 0 aliphatic carbocycles. The van der Waals surface area contributed by atoms with Gasteiger partial charge in [0.15, 0.2) is 11.2 Å². The SMILES string of the molecule is CCC(CC)(C(=O)O)C(=O)Oc1c(C(=O)c2ccccc2Cl)[nH]c2cc(Cl)ccc12. The predicted octanol–water partition coefficient (Wildman–Crippen LogP) is 5.50. The van der Waals surface area contributed by atoms with Crippen molar-refractivity contribution in [2.45, 2.75) is 26.7 Å². The van der Waals surface area contributed by atoms with Crippen LogP contribution in [0.1, 0.15) is 42.7 Å². The monoisotopic (exact) mass is 447 g/mol. The molecule has 2 aromatic carbocycles. The molecule has 0 saturated carbocycles. The third-order valence-corrected chi connectivity index (χ3v) is 5.83. The van der Waals surface area contributed by atoms with E-state index in [-0.39, 0.29) is 34.9 Å². The maximum absolute atomic E-state index is 13.2. The zero-order chi connectivity index (χ0) is 22.1. The highest BCUT2D eigenvalue weighted by molar-refractivity contribution is 6.35. The lowest BCUT2D eigenvalue weighted by Gasteiger charge is -2.24. The number of ether oxygens (including phenoxy) is 1. The van der Waals surface area contributed by atoms with Crippen molar-refractivity contribution in [3.05, 3.63) is 63.8 Å². The van der Waals surface area contributed by atoms with Crippen molar-refractivity contribution in [1.29, 1.82) is 0 Å². The number of benzene rings is 2. The van der Waals surface area contributed by atoms with Gasteiger partial charge in [-0.1, -0.05) is 49.2 Å². The molecule has 3 aromatic rings. The van der Waals surface area contributed by atoms with Crippen molar-refractivity contribution in [2.75, 3.05) is 0 Å². The maximum atomic E-state index is 13.2. The van der Waals surface area contributed by atoms with Crippen LogP contribution >= 0.6 is 23.2 Å². The summed E-state index contributed by atoms with van der Waals surface area (Å²) < 4.78 is 5.57. The minimum Gasteiger partial charge on any atom is -0.480 e. The van der Waals surface area contributed by atoms with E-state index < -0.39 is 23.1 Å². The average molecular weight is 448 g/mol. The zero-order valence-corrected chi connectivity index (χ0v) is 17.8. The van der Waals surface area contributed by atoms with Gasteiger partial charge in [-0.3, -0.25) is 14.4 Å². The fourth-order valence-corrected chi connectivity index (χ4v) is 3.70. The molecule has 0 bridgehead atoms. The first kappa shape index (κ1) is 21.9. The molecule has 0 unspecified atom stereocenters. The van der Waals surface area contributed by atoms with Crippen LogP contribution in [0.4, 0.5) is 0 Å². The minimum atomic E-state index is -1.72. The lowest BCUT2D eigenvalue weighted by atomic mass is 9.82. The number of carboxylic acid groups (broad SMARTS) is 1. The number of H-pyrrole nitrogens is 1. The summed E-state index contributed by atoms with van der Waals surface area (Å²) in [5, 5.41) is 10.7. The number of ketones is 1. The maximum Gasteiger partial charge on any atom is 0.328 e. The Morgan fingerprint density at radius 1 is 1.07 bits per heavy atom. The number of carbonyl (C=O) groups excluding carboxylic acids is 2. The predicted molar refractivity (Wildman–Crippen MR) is 114 cm³/mol. The quantitative estimate of drug-likeness (QED) is 0.283. The molecule has 2 N–H and O–H groups in total. The molecule has 1 aromatic heterocycles. The molecule has 0 radical (unpaired) electrons. The number of hydrogen-bond donors (Lipinski definition) is 2. The van der Waals surface area contributed by atoms with E-state index in [9.17, 15) is 19.5 Å². The van der Waals surface area contributed by atoms with Crippen LogP contribution in [-0.2, 0) is 9.59 Å². The van der Waals surface area contributed by atoms with Crippen molar-refractivity contribution in [3.8, 4) is 5.75 Å². The summed E-state index contributed by atoms with van der Waals surface area (Å²) in [4.78, 5) is 40.9. The number of nitrogens with one attached hydrogen (secondary N) is 1. The molecule has 0 aliphatic heterocycles. The van der Waals surface area contributed by atoms with Crippen LogP contribution in [0.3, 0.4) is 0 Å². The lowest BCUT2D eigenvalue weighted by Crippen LogP contribution is -2.41. The Bertz CT molecular complexity index is 1150. The van der Waals surface area contributed by atoms with E-state index in [4.69, 9.17) is 27.9 Å². The second-order valence-corrected chi connectivity index (χ2v) is 7.66. The summed E-state index contributed by atoms with van der Waals surface area (Å²) in [7, 11) is 0. The van der Waals surface area contributed by atoms with Crippen LogP contribution < -0.4 is 4.74 Å². The molecule has 0 saturated heterocycles. The van der Waals surface area contributed by atoms with E-state index in [1.54, 1.807) is 56.3 Å². The Kier molecular flexibility index (Phi) is 6.19. The van der Waals surface area contributed by atoms with Gasteiger partial charge in [-0.05, 0) is 43.2 Å². The van der Waals surface area contributed by atoms with Crippen LogP contribution in [0.15, 0.2) is 42.5 Å². The third kappa shape index (κ3) is 3.68. The molecule has 0 fully saturated rings. The number of carbonyl (C=O) groups is 3. The second-order valence-electron chi connectivity index (χ2n) is 6.81. The molecule has 156 valence electrons. The molecule has 0 amide bonds. The molecule has 0 spiro atoms. The number of carboxylic acids is 1. The highest BCUT2D eigenvalue weighted by Gasteiger charge is 2.45. The Hall–Kier alpha value is -2.83. The molecule has 0 atom stereocenters. The smallest absolute Gasteiger partial charge is 0.328 e. The van der Waals surface area contributed by atoms with Gasteiger partial charge < -0.3 is 14.8 Å². The van der Waals surface area contributed by atoms with Crippen LogP contribution in [-0.4, -0.2) is 27.8 Å². The Labute approximate surface area is 182 Å². The van der Waals surface area contributed by atoms with Crippen molar-refractivity contribution in [3.63, 3.8) is 0 Å². The fraction of sp³-hybridized carbons (Fsp3) is 0.227. The van der Waals surface area contributed by atoms with Gasteiger partial charge in [-0.15, -0.1) is 0 Å². The number of aromatic amines is 1. The largest absolute Gasteiger partial charge is 0.480 e. The molecular weight excluding hydrogens is 429 g/mol. The van der Waals surface area contributed by atoms with Crippen LogP contribution in [0, 0.1) is 5.41 Å². The van der Waals surface area contributed by atoms with Gasteiger partial charge in [0.1, 0.15) is 5.69 Å². The summed E-state index contributed by atoms with van der Waals surface area (Å²) in [5.41, 5.74) is -1.06. The van der Waals surface area contributed by atoms with E-state index in [0.717, 1.165) is 0 Å². The van der Waals surface area contributed by atoms with Gasteiger partial charge in [-0.2, -0.15) is 0 Å². The van der Waals surface area contributed by atoms with Gasteiger partial charge in [0, 0.05) is 16.0 Å². The van der Waals surface area contributed by atoms with Gasteiger partial charge in [0.25, 0.3) is 0 Å². The number of aromatic nitrogens is 1. The van der Waals surface area contributed by atoms with Crippen molar-refractivity contribution in [2.24, 2.45) is 5.41 Å². The molecule has 8 heteroatoms. The highest BCUT2D eigenvalue weighted by Crippen LogP contribution is 2.37. The first-order valence-corrected chi connectivity index (χ1v) is 10.1. The average Bonchev–Trinajstić information content (AvgIpc) is 3.06. The summed E-state index contributed by atoms with van der Waals surface area (Å²) in [6.45, 7) is 3.20. The fourth-order valence-electron chi connectivity index (χ4n) is 3.31. The van der Waals surface area contributed by atoms with Crippen molar-refractivity contribution in [1.82, 2.24) is 4.98 Å². The summed E-state index contributed by atoms with van der Waals surface area (Å²) in [6, 6.07) is 11.2. The molecule has 0 aliphatic rings. The Balaban J connectivity index is 2.17. The number of aliphatic carboxylic acids is 1. The first-order chi connectivity index (χ1) is 14.2. The number of rotatable bonds is 7. The summed E-state index contributed by atoms with van der Waals surface area (Å²) >= 11 is 12.2. The van der Waals surface area contributed by atoms with E-state index >= 15 is 0 Å². The third-order valence-electron chi connectivity index (χ3n) is 5.26. The zero-order valence-electron chi connectivity index (χ0n) is 16.3. The van der Waals surface area contributed by atoms with Crippen LogP contribution in [0.5, 0.6) is 5.75 Å². The van der Waals surface area contributed by atoms with Crippen molar-refractivity contribution < 1.29 is 24.2 Å². The van der Waals surface area contributed by atoms with Crippen LogP contribution in [0.2, 0.25) is 10.0 Å². The van der Waals surface area contributed by atoms with E-state index in [0.29, 0.717) is 15.9 Å².